The Balaban J connectivity index is 1.67. The highest BCUT2D eigenvalue weighted by Crippen LogP contribution is 2.45. The monoisotopic (exact) mass is 468 g/mol. The molecule has 4 atom stereocenters. The number of H-pyrrole nitrogens is 1. The predicted octanol–water partition coefficient (Wildman–Crippen LogP) is 2.10. The molecule has 1 saturated heterocycles. The highest BCUT2D eigenvalue weighted by atomic mass is 19.4. The van der Waals surface area contributed by atoms with Gasteiger partial charge in [0, 0.05) is 19.7 Å². The number of aromatic amines is 1. The average Bonchev–Trinajstić information content (AvgIpc) is 3.42. The molecular formula is C19H22F6N4O3. The third-order valence-corrected chi connectivity index (χ3v) is 6.46. The van der Waals surface area contributed by atoms with Crippen molar-refractivity contribution in [3.05, 3.63) is 37.9 Å². The van der Waals surface area contributed by atoms with Gasteiger partial charge in [0.2, 0.25) is 0 Å². The van der Waals surface area contributed by atoms with Crippen LogP contribution >= 0.6 is 0 Å². The number of hydrogen-bond donors (Lipinski definition) is 2. The molecule has 178 valence electrons. The molecule has 0 bridgehead atoms. The first kappa shape index (κ1) is 23.1. The Kier molecular flexibility index (Phi) is 5.57. The third-order valence-electron chi connectivity index (χ3n) is 6.46. The van der Waals surface area contributed by atoms with E-state index in [0.29, 0.717) is 12.8 Å². The SMILES string of the molecule is COC1c2c(c(=O)[nH]c(=O)n2C2CC2)C=C(F)C1N1CCC(C(N)C(F)(F)C(F)(F)F)C1. The fourth-order valence-corrected chi connectivity index (χ4v) is 4.68. The minimum absolute atomic E-state index is 0.00965. The zero-order valence-electron chi connectivity index (χ0n) is 17.0. The molecule has 32 heavy (non-hydrogen) atoms. The molecule has 4 unspecified atom stereocenters. The Labute approximate surface area is 177 Å². The van der Waals surface area contributed by atoms with Gasteiger partial charge in [0.25, 0.3) is 5.56 Å². The zero-order chi connectivity index (χ0) is 23.6. The number of rotatable bonds is 5. The molecule has 3 N–H and O–H groups in total. The summed E-state index contributed by atoms with van der Waals surface area (Å²) in [5, 5.41) is 0. The Morgan fingerprint density at radius 3 is 2.41 bits per heavy atom. The van der Waals surface area contributed by atoms with Crippen LogP contribution < -0.4 is 17.0 Å². The standard InChI is InChI=1S/C19H22F6N4O3/c1-32-14-12-10(16(30)27-17(31)29(12)9-2-3-9)6-11(20)13(14)28-5-4-8(7-28)15(26)18(21,22)19(23,24)25/h6,8-9,13-15H,2-5,7,26H2,1H3,(H,27,30,31). The van der Waals surface area contributed by atoms with Gasteiger partial charge in [-0.1, -0.05) is 0 Å². The second-order valence-electron chi connectivity index (χ2n) is 8.48. The normalized spacial score (nSPS) is 27.9. The van der Waals surface area contributed by atoms with Crippen LogP contribution in [0.1, 0.15) is 42.7 Å². The van der Waals surface area contributed by atoms with E-state index in [1.54, 1.807) is 0 Å². The van der Waals surface area contributed by atoms with Crippen molar-refractivity contribution in [2.75, 3.05) is 20.2 Å². The summed E-state index contributed by atoms with van der Waals surface area (Å²) in [6.07, 6.45) is -4.72. The quantitative estimate of drug-likeness (QED) is 0.646. The largest absolute Gasteiger partial charge is 0.454 e. The molecular weight excluding hydrogens is 446 g/mol. The summed E-state index contributed by atoms with van der Waals surface area (Å²) >= 11 is 0. The molecule has 2 aliphatic carbocycles. The van der Waals surface area contributed by atoms with E-state index in [-0.39, 0.29) is 36.8 Å². The lowest BCUT2D eigenvalue weighted by Crippen LogP contribution is -2.56. The molecule has 1 aromatic heterocycles. The van der Waals surface area contributed by atoms with Crippen molar-refractivity contribution < 1.29 is 31.1 Å². The summed E-state index contributed by atoms with van der Waals surface area (Å²) in [5.41, 5.74) is 3.94. The van der Waals surface area contributed by atoms with Gasteiger partial charge < -0.3 is 10.5 Å². The maximum Gasteiger partial charge on any atom is 0.454 e. The maximum absolute atomic E-state index is 15.1. The highest BCUT2D eigenvalue weighted by Gasteiger charge is 2.63. The van der Waals surface area contributed by atoms with Gasteiger partial charge in [-0.3, -0.25) is 19.2 Å². The molecule has 3 aliphatic rings. The maximum atomic E-state index is 15.1. The second kappa shape index (κ2) is 7.73. The molecule has 0 amide bonds. The lowest BCUT2D eigenvalue weighted by molar-refractivity contribution is -0.293. The number of fused-ring (bicyclic) bond motifs is 1. The van der Waals surface area contributed by atoms with Crippen molar-refractivity contribution >= 4 is 6.08 Å². The number of hydrogen-bond acceptors (Lipinski definition) is 5. The third kappa shape index (κ3) is 3.59. The van der Waals surface area contributed by atoms with Crippen molar-refractivity contribution in [3.63, 3.8) is 0 Å². The van der Waals surface area contributed by atoms with Gasteiger partial charge in [0.15, 0.2) is 0 Å². The van der Waals surface area contributed by atoms with E-state index < -0.39 is 53.3 Å². The van der Waals surface area contributed by atoms with Crippen molar-refractivity contribution in [2.45, 2.75) is 55.6 Å². The second-order valence-corrected chi connectivity index (χ2v) is 8.48. The lowest BCUT2D eigenvalue weighted by Gasteiger charge is -2.37. The molecule has 1 aliphatic heterocycles. The number of ether oxygens (including phenoxy) is 1. The van der Waals surface area contributed by atoms with E-state index in [1.165, 1.54) is 16.6 Å². The van der Waals surface area contributed by atoms with Crippen molar-refractivity contribution in [3.8, 4) is 0 Å². The molecule has 0 spiro atoms. The zero-order valence-corrected chi connectivity index (χ0v) is 17.0. The van der Waals surface area contributed by atoms with Gasteiger partial charge >= 0.3 is 17.8 Å². The van der Waals surface area contributed by atoms with Gasteiger partial charge in [-0.2, -0.15) is 22.0 Å². The highest BCUT2D eigenvalue weighted by molar-refractivity contribution is 5.58. The Bertz CT molecular complexity index is 1040. The Morgan fingerprint density at radius 1 is 1.19 bits per heavy atom. The topological polar surface area (TPSA) is 93.3 Å². The molecule has 1 saturated carbocycles. The van der Waals surface area contributed by atoms with Gasteiger partial charge in [0.05, 0.1) is 23.3 Å². The molecule has 4 rings (SSSR count). The molecule has 13 heteroatoms. The van der Waals surface area contributed by atoms with Crippen LogP contribution in [0.4, 0.5) is 26.3 Å². The Hall–Kier alpha value is -2.12. The van der Waals surface area contributed by atoms with E-state index in [4.69, 9.17) is 10.5 Å². The molecule has 0 radical (unpaired) electrons. The smallest absolute Gasteiger partial charge is 0.373 e. The van der Waals surface area contributed by atoms with E-state index in [9.17, 15) is 31.5 Å². The molecule has 2 fully saturated rings. The fourth-order valence-electron chi connectivity index (χ4n) is 4.68. The fraction of sp³-hybridized carbons (Fsp3) is 0.684. The van der Waals surface area contributed by atoms with Crippen LogP contribution in [0.5, 0.6) is 0 Å². The van der Waals surface area contributed by atoms with Gasteiger partial charge in [-0.25, -0.2) is 9.18 Å². The van der Waals surface area contributed by atoms with Gasteiger partial charge in [-0.15, -0.1) is 0 Å². The Morgan fingerprint density at radius 2 is 1.84 bits per heavy atom. The van der Waals surface area contributed by atoms with E-state index >= 15 is 4.39 Å². The number of methoxy groups -OCH3 is 1. The van der Waals surface area contributed by atoms with Crippen molar-refractivity contribution in [1.82, 2.24) is 14.5 Å². The molecule has 2 heterocycles. The first-order valence-corrected chi connectivity index (χ1v) is 10.1. The summed E-state index contributed by atoms with van der Waals surface area (Å²) in [4.78, 5) is 28.3. The van der Waals surface area contributed by atoms with Crippen LogP contribution in [0.15, 0.2) is 15.4 Å². The number of nitrogens with one attached hydrogen (secondary N) is 1. The summed E-state index contributed by atoms with van der Waals surface area (Å²) in [6.45, 7) is -0.338. The lowest BCUT2D eigenvalue weighted by atomic mass is 9.92. The van der Waals surface area contributed by atoms with Crippen LogP contribution in [0.2, 0.25) is 0 Å². The van der Waals surface area contributed by atoms with Crippen LogP contribution in [0.3, 0.4) is 0 Å². The summed E-state index contributed by atoms with van der Waals surface area (Å²) in [7, 11) is 1.25. The number of halogens is 6. The van der Waals surface area contributed by atoms with Crippen LogP contribution in [0.25, 0.3) is 6.08 Å². The summed E-state index contributed by atoms with van der Waals surface area (Å²) in [5.74, 6) is -7.16. The minimum Gasteiger partial charge on any atom is -0.373 e. The van der Waals surface area contributed by atoms with E-state index in [2.05, 4.69) is 4.98 Å². The predicted molar refractivity (Wildman–Crippen MR) is 101 cm³/mol. The number of aromatic nitrogens is 2. The van der Waals surface area contributed by atoms with Gasteiger partial charge in [-0.05, 0) is 37.8 Å². The van der Waals surface area contributed by atoms with Crippen molar-refractivity contribution in [2.24, 2.45) is 11.7 Å². The summed E-state index contributed by atoms with van der Waals surface area (Å²) < 4.78 is 87.6. The number of alkyl halides is 5. The van der Waals surface area contributed by atoms with Crippen LogP contribution in [0, 0.1) is 5.92 Å². The average molecular weight is 468 g/mol. The van der Waals surface area contributed by atoms with Crippen LogP contribution in [-0.4, -0.2) is 58.8 Å². The van der Waals surface area contributed by atoms with E-state index in [0.717, 1.165) is 6.08 Å². The molecule has 1 aromatic rings. The number of likely N-dealkylation sites (tertiary alicyclic amines) is 1. The number of nitrogens with zero attached hydrogens (tertiary/aromatic N) is 2. The first-order chi connectivity index (χ1) is 14.9. The number of nitrogens with two attached hydrogens (primary N) is 1. The van der Waals surface area contributed by atoms with E-state index in [1.807, 2.05) is 0 Å². The molecule has 7 nitrogen and oxygen atoms in total. The summed E-state index contributed by atoms with van der Waals surface area (Å²) in [6, 6.07) is -3.88. The first-order valence-electron chi connectivity index (χ1n) is 10.1. The van der Waals surface area contributed by atoms with Gasteiger partial charge in [0.1, 0.15) is 11.9 Å². The molecule has 0 aromatic carbocycles. The minimum atomic E-state index is -5.80. The van der Waals surface area contributed by atoms with Crippen molar-refractivity contribution in [1.29, 1.82) is 0 Å². The van der Waals surface area contributed by atoms with Crippen LogP contribution in [-0.2, 0) is 4.74 Å².